The molecule has 0 unspecified atom stereocenters. The number of nitrogens with zero attached hydrogens (tertiary/aromatic N) is 3. The van der Waals surface area contributed by atoms with Crippen molar-refractivity contribution in [1.82, 2.24) is 20.0 Å². The third-order valence-corrected chi connectivity index (χ3v) is 3.61. The van der Waals surface area contributed by atoms with Gasteiger partial charge in [-0.05, 0) is 27.1 Å². The van der Waals surface area contributed by atoms with E-state index in [0.29, 0.717) is 6.04 Å². The highest BCUT2D eigenvalue weighted by Crippen LogP contribution is 2.12. The van der Waals surface area contributed by atoms with Gasteiger partial charge in [0.1, 0.15) is 0 Å². The second-order valence-corrected chi connectivity index (χ2v) is 4.93. The van der Waals surface area contributed by atoms with E-state index in [4.69, 9.17) is 0 Å². The lowest BCUT2D eigenvalue weighted by molar-refractivity contribution is 0.205. The minimum absolute atomic E-state index is 0.100. The molecular weight excluding hydrogens is 204 g/mol. The normalized spacial score (nSPS) is 26.8. The second-order valence-electron chi connectivity index (χ2n) is 4.93. The Morgan fingerprint density at radius 1 is 1.38 bits per heavy atom. The van der Waals surface area contributed by atoms with Crippen LogP contribution in [0.4, 0.5) is 4.79 Å². The second kappa shape index (κ2) is 5.01. The molecule has 1 atom stereocenters. The van der Waals surface area contributed by atoms with Crippen molar-refractivity contribution in [2.24, 2.45) is 0 Å². The Labute approximate surface area is 97.4 Å². The number of hydrogen-bond donors (Lipinski definition) is 1. The molecule has 92 valence electrons. The molecular formula is C11H22N4O. The van der Waals surface area contributed by atoms with Gasteiger partial charge in [-0.3, -0.25) is 4.90 Å². The van der Waals surface area contributed by atoms with Crippen LogP contribution in [0, 0.1) is 0 Å². The molecule has 2 fully saturated rings. The zero-order valence-corrected chi connectivity index (χ0v) is 10.3. The maximum absolute atomic E-state index is 11.3. The average molecular weight is 226 g/mol. The highest BCUT2D eigenvalue weighted by atomic mass is 16.2. The van der Waals surface area contributed by atoms with Crippen LogP contribution in [-0.4, -0.2) is 80.1 Å². The molecule has 16 heavy (non-hydrogen) atoms. The Morgan fingerprint density at radius 2 is 2.19 bits per heavy atom. The van der Waals surface area contributed by atoms with Gasteiger partial charge in [0.05, 0.1) is 0 Å². The summed E-state index contributed by atoms with van der Waals surface area (Å²) in [5.74, 6) is 0. The largest absolute Gasteiger partial charge is 0.336 e. The van der Waals surface area contributed by atoms with Gasteiger partial charge < -0.3 is 15.1 Å². The molecule has 1 N–H and O–H groups in total. The van der Waals surface area contributed by atoms with E-state index < -0.39 is 0 Å². The van der Waals surface area contributed by atoms with E-state index in [1.807, 2.05) is 4.90 Å². The molecule has 0 spiro atoms. The Bertz CT molecular complexity index is 256. The van der Waals surface area contributed by atoms with Gasteiger partial charge in [0.2, 0.25) is 0 Å². The highest BCUT2D eigenvalue weighted by molar-refractivity contribution is 5.76. The Balaban J connectivity index is 1.69. The van der Waals surface area contributed by atoms with Crippen molar-refractivity contribution < 1.29 is 4.79 Å². The number of likely N-dealkylation sites (tertiary alicyclic amines) is 1. The van der Waals surface area contributed by atoms with Crippen LogP contribution >= 0.6 is 0 Å². The van der Waals surface area contributed by atoms with E-state index in [1.54, 1.807) is 0 Å². The zero-order valence-electron chi connectivity index (χ0n) is 10.3. The average Bonchev–Trinajstić information content (AvgIpc) is 2.83. The van der Waals surface area contributed by atoms with Crippen molar-refractivity contribution in [3.05, 3.63) is 0 Å². The maximum Gasteiger partial charge on any atom is 0.317 e. The molecule has 5 heteroatoms. The van der Waals surface area contributed by atoms with Crippen LogP contribution in [0.5, 0.6) is 0 Å². The summed E-state index contributed by atoms with van der Waals surface area (Å²) in [6, 6.07) is 0.788. The van der Waals surface area contributed by atoms with E-state index in [-0.39, 0.29) is 6.03 Å². The first-order valence-corrected chi connectivity index (χ1v) is 6.08. The molecule has 2 heterocycles. The van der Waals surface area contributed by atoms with Gasteiger partial charge >= 0.3 is 6.03 Å². The fourth-order valence-corrected chi connectivity index (χ4v) is 2.42. The van der Waals surface area contributed by atoms with Crippen LogP contribution in [-0.2, 0) is 0 Å². The fourth-order valence-electron chi connectivity index (χ4n) is 2.42. The number of rotatable bonds is 4. The van der Waals surface area contributed by atoms with Crippen molar-refractivity contribution in [3.8, 4) is 0 Å². The zero-order chi connectivity index (χ0) is 11.5. The Hall–Kier alpha value is -0.810. The van der Waals surface area contributed by atoms with E-state index in [2.05, 4.69) is 29.2 Å². The lowest BCUT2D eigenvalue weighted by atomic mass is 10.2. The summed E-state index contributed by atoms with van der Waals surface area (Å²) >= 11 is 0. The van der Waals surface area contributed by atoms with Gasteiger partial charge in [0, 0.05) is 38.8 Å². The monoisotopic (exact) mass is 226 g/mol. The summed E-state index contributed by atoms with van der Waals surface area (Å²) in [5, 5.41) is 2.83. The maximum atomic E-state index is 11.3. The summed E-state index contributed by atoms with van der Waals surface area (Å²) in [4.78, 5) is 18.0. The Kier molecular flexibility index (Phi) is 3.66. The number of carbonyl (C=O) groups is 1. The first kappa shape index (κ1) is 11.7. The third kappa shape index (κ3) is 2.65. The number of hydrogen-bond acceptors (Lipinski definition) is 3. The molecule has 0 aliphatic carbocycles. The van der Waals surface area contributed by atoms with Crippen molar-refractivity contribution in [2.75, 3.05) is 53.4 Å². The Morgan fingerprint density at radius 3 is 2.75 bits per heavy atom. The molecule has 5 nitrogen and oxygen atoms in total. The minimum atomic E-state index is 0.100. The minimum Gasteiger partial charge on any atom is -0.336 e. The SMILES string of the molecule is CN(C)[C@@H]1CCN(CCN2CCNC2=O)C1. The quantitative estimate of drug-likeness (QED) is 0.712. The van der Waals surface area contributed by atoms with Crippen LogP contribution < -0.4 is 5.32 Å². The van der Waals surface area contributed by atoms with Crippen molar-refractivity contribution >= 4 is 6.03 Å². The lowest BCUT2D eigenvalue weighted by Gasteiger charge is -2.22. The van der Waals surface area contributed by atoms with Crippen LogP contribution in [0.25, 0.3) is 0 Å². The smallest absolute Gasteiger partial charge is 0.317 e. The standard InChI is InChI=1S/C11H22N4O/c1-13(2)10-3-5-14(9-10)7-8-15-6-4-12-11(15)16/h10H,3-9H2,1-2H3,(H,12,16)/t10-/m1/s1. The van der Waals surface area contributed by atoms with Crippen LogP contribution in [0.3, 0.4) is 0 Å². The van der Waals surface area contributed by atoms with Crippen molar-refractivity contribution in [3.63, 3.8) is 0 Å². The van der Waals surface area contributed by atoms with Crippen molar-refractivity contribution in [1.29, 1.82) is 0 Å². The van der Waals surface area contributed by atoms with Gasteiger partial charge in [-0.1, -0.05) is 0 Å². The lowest BCUT2D eigenvalue weighted by Crippen LogP contribution is -2.37. The summed E-state index contributed by atoms with van der Waals surface area (Å²) < 4.78 is 0. The molecule has 0 saturated carbocycles. The van der Waals surface area contributed by atoms with E-state index >= 15 is 0 Å². The molecule has 0 aromatic rings. The summed E-state index contributed by atoms with van der Waals surface area (Å²) in [6.45, 7) is 5.85. The molecule has 2 aliphatic heterocycles. The van der Waals surface area contributed by atoms with E-state index in [1.165, 1.54) is 6.42 Å². The third-order valence-electron chi connectivity index (χ3n) is 3.61. The first-order valence-electron chi connectivity index (χ1n) is 6.08. The number of likely N-dealkylation sites (N-methyl/N-ethyl adjacent to an activating group) is 1. The molecule has 0 aromatic carbocycles. The van der Waals surface area contributed by atoms with Crippen LogP contribution in [0.15, 0.2) is 0 Å². The van der Waals surface area contributed by atoms with Gasteiger partial charge in [0.25, 0.3) is 0 Å². The molecule has 2 aliphatic rings. The van der Waals surface area contributed by atoms with Gasteiger partial charge in [-0.2, -0.15) is 0 Å². The summed E-state index contributed by atoms with van der Waals surface area (Å²) in [7, 11) is 4.28. The van der Waals surface area contributed by atoms with Gasteiger partial charge in [-0.15, -0.1) is 0 Å². The number of carbonyl (C=O) groups excluding carboxylic acids is 1. The predicted molar refractivity (Wildman–Crippen MR) is 63.5 cm³/mol. The highest BCUT2D eigenvalue weighted by Gasteiger charge is 2.25. The predicted octanol–water partition coefficient (Wildman–Crippen LogP) is -0.352. The fraction of sp³-hybridized carbons (Fsp3) is 0.909. The van der Waals surface area contributed by atoms with Crippen molar-refractivity contribution in [2.45, 2.75) is 12.5 Å². The number of urea groups is 1. The first-order chi connectivity index (χ1) is 7.66. The molecule has 2 saturated heterocycles. The summed E-state index contributed by atoms with van der Waals surface area (Å²) in [5.41, 5.74) is 0. The van der Waals surface area contributed by atoms with Gasteiger partial charge in [0.15, 0.2) is 0 Å². The van der Waals surface area contributed by atoms with Crippen LogP contribution in [0.2, 0.25) is 0 Å². The number of amides is 2. The van der Waals surface area contributed by atoms with Gasteiger partial charge in [-0.25, -0.2) is 4.79 Å². The molecule has 0 aromatic heterocycles. The molecule has 0 radical (unpaired) electrons. The summed E-state index contributed by atoms with van der Waals surface area (Å²) in [6.07, 6.45) is 1.25. The number of nitrogens with one attached hydrogen (secondary N) is 1. The topological polar surface area (TPSA) is 38.8 Å². The molecule has 2 rings (SSSR count). The van der Waals surface area contributed by atoms with E-state index in [9.17, 15) is 4.79 Å². The van der Waals surface area contributed by atoms with E-state index in [0.717, 1.165) is 39.3 Å². The molecule has 2 amide bonds. The van der Waals surface area contributed by atoms with Crippen LogP contribution in [0.1, 0.15) is 6.42 Å². The molecule has 0 bridgehead atoms.